The normalized spacial score (nSPS) is 17.2. The average Bonchev–Trinajstić information content (AvgIpc) is 3.29. The van der Waals surface area contributed by atoms with Gasteiger partial charge in [-0.25, -0.2) is 18.6 Å². The Morgan fingerprint density at radius 3 is 2.58 bits per heavy atom. The Balaban J connectivity index is 1.56. The maximum absolute atomic E-state index is 14.7. The van der Waals surface area contributed by atoms with Crippen molar-refractivity contribution in [1.82, 2.24) is 20.6 Å². The molecule has 36 heavy (non-hydrogen) atoms. The first-order valence-corrected chi connectivity index (χ1v) is 12.3. The summed E-state index contributed by atoms with van der Waals surface area (Å²) in [5.74, 6) is -1.11. The van der Waals surface area contributed by atoms with Gasteiger partial charge in [0, 0.05) is 37.5 Å². The van der Waals surface area contributed by atoms with Gasteiger partial charge in [0.25, 0.3) is 0 Å². The number of hydrazone groups is 1. The minimum absolute atomic E-state index is 0.0844. The van der Waals surface area contributed by atoms with Gasteiger partial charge in [0.05, 0.1) is 11.3 Å². The van der Waals surface area contributed by atoms with Crippen molar-refractivity contribution in [3.63, 3.8) is 0 Å². The molecule has 2 N–H and O–H groups in total. The van der Waals surface area contributed by atoms with Crippen molar-refractivity contribution in [3.05, 3.63) is 101 Å². The molecular formula is C28H31F2N5O. The quantitative estimate of drug-likeness (QED) is 0.376. The number of nitrogens with zero attached hydrogens (tertiary/aromatic N) is 3. The number of unbranched alkanes of at least 4 members (excludes halogenated alkanes) is 1. The second-order valence-electron chi connectivity index (χ2n) is 8.88. The molecule has 1 aliphatic rings. The Labute approximate surface area is 210 Å². The van der Waals surface area contributed by atoms with E-state index in [1.165, 1.54) is 10.6 Å². The molecule has 0 fully saturated rings. The number of urea groups is 1. The summed E-state index contributed by atoms with van der Waals surface area (Å²) >= 11 is 0. The highest BCUT2D eigenvalue weighted by atomic mass is 19.1. The third-order valence-corrected chi connectivity index (χ3v) is 6.43. The van der Waals surface area contributed by atoms with Gasteiger partial charge in [0.1, 0.15) is 11.6 Å². The van der Waals surface area contributed by atoms with E-state index in [1.807, 2.05) is 49.4 Å². The van der Waals surface area contributed by atoms with Crippen LogP contribution >= 0.6 is 0 Å². The standard InChI is InChI=1S/C28H31F2N5O/c1-2-33-27(36)35-28(22-8-4-3-5-9-22,14-6-7-15-32-20-21-12-16-31-17-13-21)19-26(34-35)24-18-23(29)10-11-25(24)30/h3-5,8-13,16-18,32H,2,6-7,14-15,19-20H2,1H3,(H,33,36). The second-order valence-corrected chi connectivity index (χ2v) is 8.88. The maximum atomic E-state index is 14.7. The smallest absolute Gasteiger partial charge is 0.337 e. The molecular weight excluding hydrogens is 460 g/mol. The van der Waals surface area contributed by atoms with E-state index in [0.717, 1.165) is 49.7 Å². The van der Waals surface area contributed by atoms with Gasteiger partial charge in [-0.2, -0.15) is 5.10 Å². The van der Waals surface area contributed by atoms with Crippen LogP contribution in [0.25, 0.3) is 0 Å². The van der Waals surface area contributed by atoms with Crippen LogP contribution in [0.5, 0.6) is 0 Å². The van der Waals surface area contributed by atoms with Crippen molar-refractivity contribution >= 4 is 11.7 Å². The van der Waals surface area contributed by atoms with Crippen molar-refractivity contribution in [2.75, 3.05) is 13.1 Å². The molecule has 6 nitrogen and oxygen atoms in total. The van der Waals surface area contributed by atoms with E-state index in [4.69, 9.17) is 0 Å². The third kappa shape index (κ3) is 5.76. The number of hydrogen-bond acceptors (Lipinski definition) is 4. The molecule has 0 bridgehead atoms. The summed E-state index contributed by atoms with van der Waals surface area (Å²) in [5, 5.41) is 12.3. The van der Waals surface area contributed by atoms with E-state index in [0.29, 0.717) is 25.1 Å². The molecule has 4 rings (SSSR count). The van der Waals surface area contributed by atoms with Crippen LogP contribution in [0.15, 0.2) is 78.2 Å². The van der Waals surface area contributed by atoms with Gasteiger partial charge >= 0.3 is 6.03 Å². The van der Waals surface area contributed by atoms with Crippen LogP contribution in [0, 0.1) is 11.6 Å². The monoisotopic (exact) mass is 491 g/mol. The van der Waals surface area contributed by atoms with Gasteiger partial charge in [-0.1, -0.05) is 30.3 Å². The van der Waals surface area contributed by atoms with Crippen LogP contribution in [-0.2, 0) is 12.1 Å². The van der Waals surface area contributed by atoms with Crippen molar-refractivity contribution < 1.29 is 13.6 Å². The Kier molecular flexibility index (Phi) is 8.38. The molecule has 188 valence electrons. The molecule has 2 amide bonds. The van der Waals surface area contributed by atoms with Gasteiger partial charge in [-0.05, 0) is 74.2 Å². The summed E-state index contributed by atoms with van der Waals surface area (Å²) in [5.41, 5.74) is 1.72. The Morgan fingerprint density at radius 2 is 1.83 bits per heavy atom. The molecule has 1 unspecified atom stereocenters. The number of benzene rings is 2. The van der Waals surface area contributed by atoms with Crippen molar-refractivity contribution in [2.24, 2.45) is 5.10 Å². The Bertz CT molecular complexity index is 1190. The zero-order valence-electron chi connectivity index (χ0n) is 20.4. The highest BCUT2D eigenvalue weighted by Crippen LogP contribution is 2.43. The molecule has 2 aromatic carbocycles. The van der Waals surface area contributed by atoms with Crippen LogP contribution in [0.4, 0.5) is 13.6 Å². The largest absolute Gasteiger partial charge is 0.338 e. The molecule has 0 saturated carbocycles. The summed E-state index contributed by atoms with van der Waals surface area (Å²) in [6.45, 7) is 3.83. The first-order chi connectivity index (χ1) is 17.5. The molecule has 0 aliphatic carbocycles. The number of nitrogens with one attached hydrogen (secondary N) is 2. The lowest BCUT2D eigenvalue weighted by Crippen LogP contribution is -2.48. The molecule has 2 heterocycles. The molecule has 1 aliphatic heterocycles. The van der Waals surface area contributed by atoms with Gasteiger partial charge < -0.3 is 10.6 Å². The summed E-state index contributed by atoms with van der Waals surface area (Å²) < 4.78 is 28.7. The van der Waals surface area contributed by atoms with Crippen LogP contribution in [-0.4, -0.2) is 34.8 Å². The summed E-state index contributed by atoms with van der Waals surface area (Å²) in [6.07, 6.45) is 6.15. The minimum atomic E-state index is -0.806. The van der Waals surface area contributed by atoms with Gasteiger partial charge in [-0.15, -0.1) is 0 Å². The topological polar surface area (TPSA) is 69.6 Å². The Morgan fingerprint density at radius 1 is 1.06 bits per heavy atom. The van der Waals surface area contributed by atoms with Crippen molar-refractivity contribution in [3.8, 4) is 0 Å². The lowest BCUT2D eigenvalue weighted by Gasteiger charge is -2.37. The van der Waals surface area contributed by atoms with Gasteiger partial charge in [0.15, 0.2) is 0 Å². The van der Waals surface area contributed by atoms with Crippen LogP contribution in [0.3, 0.4) is 0 Å². The number of hydrogen-bond donors (Lipinski definition) is 2. The molecule has 1 aromatic heterocycles. The highest BCUT2D eigenvalue weighted by molar-refractivity contribution is 6.04. The molecule has 0 radical (unpaired) electrons. The third-order valence-electron chi connectivity index (χ3n) is 6.43. The maximum Gasteiger partial charge on any atom is 0.338 e. The fourth-order valence-electron chi connectivity index (χ4n) is 4.65. The zero-order chi connectivity index (χ0) is 25.4. The average molecular weight is 492 g/mol. The van der Waals surface area contributed by atoms with Crippen molar-refractivity contribution in [2.45, 2.75) is 44.7 Å². The predicted octanol–water partition coefficient (Wildman–Crippen LogP) is 5.35. The minimum Gasteiger partial charge on any atom is -0.337 e. The SMILES string of the molecule is CCNC(=O)N1N=C(c2cc(F)ccc2F)CC1(CCCCNCc1ccncc1)c1ccccc1. The van der Waals surface area contributed by atoms with E-state index in [9.17, 15) is 13.6 Å². The molecule has 8 heteroatoms. The number of amides is 2. The van der Waals surface area contributed by atoms with E-state index in [2.05, 4.69) is 20.7 Å². The fourth-order valence-corrected chi connectivity index (χ4v) is 4.65. The molecule has 3 aromatic rings. The summed E-state index contributed by atoms with van der Waals surface area (Å²) in [7, 11) is 0. The predicted molar refractivity (Wildman–Crippen MR) is 136 cm³/mol. The number of aromatic nitrogens is 1. The summed E-state index contributed by atoms with van der Waals surface area (Å²) in [4.78, 5) is 17.2. The number of carbonyl (C=O) groups is 1. The first-order valence-electron chi connectivity index (χ1n) is 12.3. The number of rotatable bonds is 10. The molecule has 0 saturated heterocycles. The molecule has 1 atom stereocenters. The van der Waals surface area contributed by atoms with E-state index in [-0.39, 0.29) is 11.6 Å². The number of halogens is 2. The van der Waals surface area contributed by atoms with E-state index >= 15 is 0 Å². The van der Waals surface area contributed by atoms with Gasteiger partial charge in [0.2, 0.25) is 0 Å². The van der Waals surface area contributed by atoms with E-state index < -0.39 is 17.2 Å². The zero-order valence-corrected chi connectivity index (χ0v) is 20.4. The lowest BCUT2D eigenvalue weighted by molar-refractivity contribution is 0.122. The fraction of sp³-hybridized carbons (Fsp3) is 0.321. The van der Waals surface area contributed by atoms with Gasteiger partial charge in [-0.3, -0.25) is 4.98 Å². The number of pyridine rings is 1. The lowest BCUT2D eigenvalue weighted by atomic mass is 9.80. The second kappa shape index (κ2) is 11.9. The highest BCUT2D eigenvalue weighted by Gasteiger charge is 2.47. The van der Waals surface area contributed by atoms with Crippen LogP contribution < -0.4 is 10.6 Å². The summed E-state index contributed by atoms with van der Waals surface area (Å²) in [6, 6.07) is 16.6. The Hall–Kier alpha value is -3.65. The molecule has 0 spiro atoms. The first kappa shape index (κ1) is 25.4. The number of carbonyl (C=O) groups excluding carboxylic acids is 1. The van der Waals surface area contributed by atoms with E-state index in [1.54, 1.807) is 12.4 Å². The van der Waals surface area contributed by atoms with Crippen molar-refractivity contribution in [1.29, 1.82) is 0 Å². The van der Waals surface area contributed by atoms with Crippen LogP contribution in [0.2, 0.25) is 0 Å². The van der Waals surface area contributed by atoms with Crippen LogP contribution in [0.1, 0.15) is 49.3 Å².